The van der Waals surface area contributed by atoms with Crippen molar-refractivity contribution in [3.8, 4) is 0 Å². The van der Waals surface area contributed by atoms with Gasteiger partial charge in [-0.15, -0.1) is 0 Å². The Morgan fingerprint density at radius 1 is 1.31 bits per heavy atom. The molecule has 2 rings (SSSR count). The van der Waals surface area contributed by atoms with Crippen LogP contribution in [0.2, 0.25) is 0 Å². The highest BCUT2D eigenvalue weighted by Gasteiger charge is 2.05. The molecule has 1 heterocycles. The molecule has 0 saturated carbocycles. The van der Waals surface area contributed by atoms with Crippen LogP contribution in [0.4, 0.5) is 4.39 Å². The highest BCUT2D eigenvalue weighted by molar-refractivity contribution is 5.82. The molecule has 2 aromatic rings. The average molecular weight is 220 g/mol. The molecule has 1 N–H and O–H groups in total. The molecule has 0 aliphatic carbocycles. The molecule has 0 saturated heterocycles. The van der Waals surface area contributed by atoms with Crippen LogP contribution in [0.15, 0.2) is 24.4 Å². The summed E-state index contributed by atoms with van der Waals surface area (Å²) in [5, 5.41) is 0.958. The van der Waals surface area contributed by atoms with Crippen LogP contribution >= 0.6 is 0 Å². The normalized spacial score (nSPS) is 11.5. The van der Waals surface area contributed by atoms with E-state index in [9.17, 15) is 4.39 Å². The molecule has 1 aromatic heterocycles. The molecular formula is C13H17FN2. The van der Waals surface area contributed by atoms with Gasteiger partial charge in [-0.3, -0.25) is 0 Å². The van der Waals surface area contributed by atoms with E-state index < -0.39 is 0 Å². The lowest BCUT2D eigenvalue weighted by molar-refractivity contribution is 0.400. The van der Waals surface area contributed by atoms with Gasteiger partial charge < -0.3 is 9.88 Å². The fourth-order valence-electron chi connectivity index (χ4n) is 1.99. The van der Waals surface area contributed by atoms with E-state index in [0.29, 0.717) is 0 Å². The van der Waals surface area contributed by atoms with E-state index in [1.807, 2.05) is 12.3 Å². The number of H-pyrrole nitrogens is 1. The number of rotatable bonds is 4. The van der Waals surface area contributed by atoms with Crippen LogP contribution in [0, 0.1) is 5.82 Å². The van der Waals surface area contributed by atoms with Gasteiger partial charge in [-0.25, -0.2) is 4.39 Å². The number of nitrogens with one attached hydrogen (secondary N) is 1. The summed E-state index contributed by atoms with van der Waals surface area (Å²) in [6.07, 6.45) is 3.82. The van der Waals surface area contributed by atoms with Crippen molar-refractivity contribution in [3.05, 3.63) is 35.8 Å². The van der Waals surface area contributed by atoms with E-state index in [2.05, 4.69) is 24.0 Å². The van der Waals surface area contributed by atoms with Crippen LogP contribution in [0.1, 0.15) is 12.0 Å². The third-order valence-electron chi connectivity index (χ3n) is 2.76. The molecule has 0 fully saturated rings. The van der Waals surface area contributed by atoms with Crippen LogP contribution in [0.25, 0.3) is 10.9 Å². The first kappa shape index (κ1) is 11.1. The lowest BCUT2D eigenvalue weighted by atomic mass is 10.1. The van der Waals surface area contributed by atoms with Crippen LogP contribution in [-0.2, 0) is 6.42 Å². The first-order chi connectivity index (χ1) is 7.66. The van der Waals surface area contributed by atoms with Gasteiger partial charge in [0.1, 0.15) is 5.82 Å². The lowest BCUT2D eigenvalue weighted by Crippen LogP contribution is -2.13. The van der Waals surface area contributed by atoms with Gasteiger partial charge in [0.25, 0.3) is 0 Å². The zero-order valence-corrected chi connectivity index (χ0v) is 9.76. The van der Waals surface area contributed by atoms with Crippen molar-refractivity contribution in [3.63, 3.8) is 0 Å². The Morgan fingerprint density at radius 2 is 2.12 bits per heavy atom. The SMILES string of the molecule is CN(C)CCCc1cc(F)cc2cc[nH]c12. The molecule has 0 radical (unpaired) electrons. The van der Waals surface area contributed by atoms with Gasteiger partial charge in [0.2, 0.25) is 0 Å². The van der Waals surface area contributed by atoms with Gasteiger partial charge >= 0.3 is 0 Å². The van der Waals surface area contributed by atoms with Crippen molar-refractivity contribution in [1.82, 2.24) is 9.88 Å². The van der Waals surface area contributed by atoms with Gasteiger partial charge in [0, 0.05) is 17.1 Å². The highest BCUT2D eigenvalue weighted by Crippen LogP contribution is 2.20. The molecule has 0 amide bonds. The van der Waals surface area contributed by atoms with E-state index in [4.69, 9.17) is 0 Å². The summed E-state index contributed by atoms with van der Waals surface area (Å²) >= 11 is 0. The molecule has 16 heavy (non-hydrogen) atoms. The zero-order valence-electron chi connectivity index (χ0n) is 9.76. The third kappa shape index (κ3) is 2.42. The van der Waals surface area contributed by atoms with Gasteiger partial charge in [0.15, 0.2) is 0 Å². The Bertz CT molecular complexity index is 474. The zero-order chi connectivity index (χ0) is 11.5. The van der Waals surface area contributed by atoms with E-state index >= 15 is 0 Å². The van der Waals surface area contributed by atoms with Crippen molar-refractivity contribution >= 4 is 10.9 Å². The summed E-state index contributed by atoms with van der Waals surface area (Å²) in [7, 11) is 4.10. The minimum atomic E-state index is -0.146. The van der Waals surface area contributed by atoms with E-state index in [-0.39, 0.29) is 5.82 Å². The summed E-state index contributed by atoms with van der Waals surface area (Å²) in [5.41, 5.74) is 2.14. The molecular weight excluding hydrogens is 203 g/mol. The van der Waals surface area contributed by atoms with Gasteiger partial charge in [-0.05, 0) is 57.2 Å². The Morgan fingerprint density at radius 3 is 2.88 bits per heavy atom. The average Bonchev–Trinajstić information content (AvgIpc) is 2.64. The second-order valence-electron chi connectivity index (χ2n) is 4.41. The quantitative estimate of drug-likeness (QED) is 0.839. The molecule has 0 spiro atoms. The number of hydrogen-bond donors (Lipinski definition) is 1. The Hall–Kier alpha value is -1.35. The van der Waals surface area contributed by atoms with E-state index in [1.165, 1.54) is 0 Å². The van der Waals surface area contributed by atoms with Crippen LogP contribution in [0.5, 0.6) is 0 Å². The minimum Gasteiger partial charge on any atom is -0.361 e. The van der Waals surface area contributed by atoms with Crippen molar-refractivity contribution in [2.24, 2.45) is 0 Å². The van der Waals surface area contributed by atoms with Crippen molar-refractivity contribution in [1.29, 1.82) is 0 Å². The van der Waals surface area contributed by atoms with E-state index in [1.54, 1.807) is 12.1 Å². The summed E-state index contributed by atoms with van der Waals surface area (Å²) in [4.78, 5) is 5.32. The molecule has 0 aliphatic heterocycles. The maximum atomic E-state index is 13.3. The molecule has 3 heteroatoms. The fourth-order valence-corrected chi connectivity index (χ4v) is 1.99. The topological polar surface area (TPSA) is 19.0 Å². The minimum absolute atomic E-state index is 0.146. The second-order valence-corrected chi connectivity index (χ2v) is 4.41. The first-order valence-corrected chi connectivity index (χ1v) is 5.57. The molecule has 2 nitrogen and oxygen atoms in total. The number of aromatic nitrogens is 1. The maximum Gasteiger partial charge on any atom is 0.124 e. The predicted octanol–water partition coefficient (Wildman–Crippen LogP) is 2.80. The number of benzene rings is 1. The molecule has 86 valence electrons. The van der Waals surface area contributed by atoms with Crippen molar-refractivity contribution < 1.29 is 4.39 Å². The standard InChI is InChI=1S/C13H17FN2/c1-16(2)7-3-4-10-8-12(14)9-11-5-6-15-13(10)11/h5-6,8-9,15H,3-4,7H2,1-2H3. The van der Waals surface area contributed by atoms with Gasteiger partial charge in [-0.1, -0.05) is 0 Å². The number of aromatic amines is 1. The summed E-state index contributed by atoms with van der Waals surface area (Å²) in [5.74, 6) is -0.146. The Balaban J connectivity index is 2.19. The first-order valence-electron chi connectivity index (χ1n) is 5.57. The lowest BCUT2D eigenvalue weighted by Gasteiger charge is -2.09. The third-order valence-corrected chi connectivity index (χ3v) is 2.76. The molecule has 0 bridgehead atoms. The van der Waals surface area contributed by atoms with Crippen molar-refractivity contribution in [2.45, 2.75) is 12.8 Å². The van der Waals surface area contributed by atoms with E-state index in [0.717, 1.165) is 35.9 Å². The van der Waals surface area contributed by atoms with Gasteiger partial charge in [0.05, 0.1) is 0 Å². The smallest absolute Gasteiger partial charge is 0.124 e. The maximum absolute atomic E-state index is 13.3. The van der Waals surface area contributed by atoms with Crippen molar-refractivity contribution in [2.75, 3.05) is 20.6 Å². The number of halogens is 1. The number of hydrogen-bond acceptors (Lipinski definition) is 1. The van der Waals surface area contributed by atoms with Crippen LogP contribution in [-0.4, -0.2) is 30.5 Å². The molecule has 0 atom stereocenters. The molecule has 0 aliphatic rings. The van der Waals surface area contributed by atoms with Crippen LogP contribution in [0.3, 0.4) is 0 Å². The fraction of sp³-hybridized carbons (Fsp3) is 0.385. The molecule has 1 aromatic carbocycles. The summed E-state index contributed by atoms with van der Waals surface area (Å²) in [6, 6.07) is 5.11. The predicted molar refractivity (Wildman–Crippen MR) is 65.1 cm³/mol. The monoisotopic (exact) mass is 220 g/mol. The number of aryl methyl sites for hydroxylation is 1. The van der Waals surface area contributed by atoms with Crippen LogP contribution < -0.4 is 0 Å². The number of nitrogens with zero attached hydrogens (tertiary/aromatic N) is 1. The largest absolute Gasteiger partial charge is 0.361 e. The highest BCUT2D eigenvalue weighted by atomic mass is 19.1. The number of fused-ring (bicyclic) bond motifs is 1. The molecule has 0 unspecified atom stereocenters. The Labute approximate surface area is 95.1 Å². The van der Waals surface area contributed by atoms with Gasteiger partial charge in [-0.2, -0.15) is 0 Å². The Kier molecular flexibility index (Phi) is 3.25. The summed E-state index contributed by atoms with van der Waals surface area (Å²) in [6.45, 7) is 1.03. The second kappa shape index (κ2) is 4.66. The summed E-state index contributed by atoms with van der Waals surface area (Å²) < 4.78 is 13.3.